The maximum absolute atomic E-state index is 12.7. The number of carbonyl (C=O) groups is 2. The molecule has 2 aromatic rings. The number of aromatic nitrogens is 2. The Hall–Kier alpha value is -2.95. The average Bonchev–Trinajstić information content (AvgIpc) is 2.93. The topological polar surface area (TPSA) is 90.3 Å². The number of esters is 1. The quantitative estimate of drug-likeness (QED) is 0.594. The lowest BCUT2D eigenvalue weighted by atomic mass is 10.3. The molecule has 0 saturated heterocycles. The van der Waals surface area contributed by atoms with Crippen LogP contribution in [0.15, 0.2) is 35.8 Å². The van der Waals surface area contributed by atoms with E-state index in [0.29, 0.717) is 22.5 Å². The number of amides is 1. The minimum absolute atomic E-state index is 0.0102. The van der Waals surface area contributed by atoms with Gasteiger partial charge in [0.25, 0.3) is 5.56 Å². The molecule has 0 fully saturated rings. The Morgan fingerprint density at radius 2 is 2.11 bits per heavy atom. The van der Waals surface area contributed by atoms with Crippen LogP contribution in [0.25, 0.3) is 0 Å². The van der Waals surface area contributed by atoms with Gasteiger partial charge in [0.1, 0.15) is 18.0 Å². The molecular weight excluding hydrogens is 387 g/mol. The minimum atomic E-state index is -4.64. The van der Waals surface area contributed by atoms with Crippen LogP contribution in [0.5, 0.6) is 0 Å². The average molecular weight is 401 g/mol. The first-order chi connectivity index (χ1) is 12.6. The van der Waals surface area contributed by atoms with Crippen molar-refractivity contribution in [3.63, 3.8) is 0 Å². The number of rotatable bonds is 6. The highest BCUT2D eigenvalue weighted by Gasteiger charge is 2.31. The summed E-state index contributed by atoms with van der Waals surface area (Å²) in [5.41, 5.74) is -1.49. The molecule has 0 spiro atoms. The second kappa shape index (κ2) is 8.16. The number of ether oxygens (including phenoxy) is 1. The Labute approximate surface area is 155 Å². The Kier molecular flexibility index (Phi) is 6.16. The van der Waals surface area contributed by atoms with E-state index >= 15 is 0 Å². The molecule has 0 saturated carbocycles. The summed E-state index contributed by atoms with van der Waals surface area (Å²) in [6, 6.07) is 1.37. The molecular formula is C16H14F3N3O4S. The monoisotopic (exact) mass is 401 g/mol. The van der Waals surface area contributed by atoms with Crippen molar-refractivity contribution in [2.45, 2.75) is 19.6 Å². The molecule has 0 aliphatic rings. The van der Waals surface area contributed by atoms with Gasteiger partial charge < -0.3 is 14.6 Å². The number of halogens is 3. The summed E-state index contributed by atoms with van der Waals surface area (Å²) in [7, 11) is 0. The SMILES string of the molecule is C=CCOC(=O)c1sc(NC(=O)Cn2cc(C(F)(F)F)ccc2=O)nc1C. The van der Waals surface area contributed by atoms with Gasteiger partial charge in [0.05, 0.1) is 11.3 Å². The molecule has 2 aromatic heterocycles. The molecule has 2 heterocycles. The third-order valence-corrected chi connectivity index (χ3v) is 4.24. The molecule has 1 amide bonds. The third-order valence-electron chi connectivity index (χ3n) is 3.19. The molecule has 0 aliphatic carbocycles. The Morgan fingerprint density at radius 3 is 2.74 bits per heavy atom. The summed E-state index contributed by atoms with van der Waals surface area (Å²) in [6.07, 6.45) is -2.68. The van der Waals surface area contributed by atoms with Gasteiger partial charge in [-0.05, 0) is 13.0 Å². The van der Waals surface area contributed by atoms with Gasteiger partial charge in [-0.15, -0.1) is 0 Å². The molecule has 0 aliphatic heterocycles. The number of hydrogen-bond donors (Lipinski definition) is 1. The van der Waals surface area contributed by atoms with Crippen molar-refractivity contribution in [1.29, 1.82) is 0 Å². The normalized spacial score (nSPS) is 11.1. The molecule has 144 valence electrons. The summed E-state index contributed by atoms with van der Waals surface area (Å²) in [5, 5.41) is 2.41. The van der Waals surface area contributed by atoms with E-state index in [2.05, 4.69) is 16.9 Å². The van der Waals surface area contributed by atoms with Gasteiger partial charge >= 0.3 is 12.1 Å². The van der Waals surface area contributed by atoms with Gasteiger partial charge in [-0.2, -0.15) is 13.2 Å². The van der Waals surface area contributed by atoms with Crippen molar-refractivity contribution in [2.75, 3.05) is 11.9 Å². The van der Waals surface area contributed by atoms with E-state index in [4.69, 9.17) is 4.74 Å². The van der Waals surface area contributed by atoms with E-state index in [1.807, 2.05) is 0 Å². The van der Waals surface area contributed by atoms with E-state index in [1.165, 1.54) is 13.0 Å². The zero-order valence-electron chi connectivity index (χ0n) is 14.0. The minimum Gasteiger partial charge on any atom is -0.457 e. The van der Waals surface area contributed by atoms with E-state index in [0.717, 1.165) is 17.4 Å². The predicted octanol–water partition coefficient (Wildman–Crippen LogP) is 2.61. The number of anilines is 1. The highest BCUT2D eigenvalue weighted by atomic mass is 32.1. The van der Waals surface area contributed by atoms with Crippen LogP contribution in [0.2, 0.25) is 0 Å². The number of pyridine rings is 1. The van der Waals surface area contributed by atoms with E-state index in [1.54, 1.807) is 0 Å². The second-order valence-corrected chi connectivity index (χ2v) is 6.25. The maximum atomic E-state index is 12.7. The number of nitrogens with one attached hydrogen (secondary N) is 1. The zero-order chi connectivity index (χ0) is 20.2. The fraction of sp³-hybridized carbons (Fsp3) is 0.250. The molecule has 0 bridgehead atoms. The van der Waals surface area contributed by atoms with Crippen LogP contribution < -0.4 is 10.9 Å². The fourth-order valence-electron chi connectivity index (χ4n) is 1.98. The first-order valence-corrected chi connectivity index (χ1v) is 8.26. The number of carbonyl (C=O) groups excluding carboxylic acids is 2. The van der Waals surface area contributed by atoms with E-state index in [9.17, 15) is 27.6 Å². The van der Waals surface area contributed by atoms with Crippen LogP contribution in [0.1, 0.15) is 20.9 Å². The van der Waals surface area contributed by atoms with Gasteiger partial charge in [0.2, 0.25) is 5.91 Å². The van der Waals surface area contributed by atoms with Crippen molar-refractivity contribution in [3.05, 3.63) is 57.5 Å². The van der Waals surface area contributed by atoms with Gasteiger partial charge in [0.15, 0.2) is 5.13 Å². The molecule has 0 atom stereocenters. The van der Waals surface area contributed by atoms with Crippen molar-refractivity contribution in [1.82, 2.24) is 9.55 Å². The molecule has 7 nitrogen and oxygen atoms in total. The molecule has 2 rings (SSSR count). The van der Waals surface area contributed by atoms with Gasteiger partial charge in [-0.25, -0.2) is 9.78 Å². The highest BCUT2D eigenvalue weighted by molar-refractivity contribution is 7.17. The van der Waals surface area contributed by atoms with Gasteiger partial charge in [-0.1, -0.05) is 24.0 Å². The van der Waals surface area contributed by atoms with Crippen LogP contribution in [0, 0.1) is 6.92 Å². The summed E-state index contributed by atoms with van der Waals surface area (Å²) in [6.45, 7) is 4.32. The first-order valence-electron chi connectivity index (χ1n) is 7.45. The lowest BCUT2D eigenvalue weighted by molar-refractivity contribution is -0.138. The zero-order valence-corrected chi connectivity index (χ0v) is 14.8. The van der Waals surface area contributed by atoms with E-state index < -0.39 is 35.7 Å². The Morgan fingerprint density at radius 1 is 1.41 bits per heavy atom. The smallest absolute Gasteiger partial charge is 0.417 e. The number of aryl methyl sites for hydroxylation is 1. The Balaban J connectivity index is 2.12. The Bertz CT molecular complexity index is 934. The lowest BCUT2D eigenvalue weighted by Gasteiger charge is -2.10. The molecule has 27 heavy (non-hydrogen) atoms. The van der Waals surface area contributed by atoms with Gasteiger partial charge in [0, 0.05) is 12.3 Å². The van der Waals surface area contributed by atoms with Crippen LogP contribution in [-0.4, -0.2) is 28.0 Å². The van der Waals surface area contributed by atoms with Crippen LogP contribution in [-0.2, 0) is 22.3 Å². The van der Waals surface area contributed by atoms with Crippen molar-refractivity contribution >= 4 is 28.3 Å². The number of alkyl halides is 3. The number of hydrogen-bond acceptors (Lipinski definition) is 6. The van der Waals surface area contributed by atoms with Crippen LogP contribution >= 0.6 is 11.3 Å². The highest BCUT2D eigenvalue weighted by Crippen LogP contribution is 2.28. The van der Waals surface area contributed by atoms with Crippen molar-refractivity contribution in [3.8, 4) is 0 Å². The van der Waals surface area contributed by atoms with Crippen molar-refractivity contribution < 1.29 is 27.5 Å². The standard InChI is InChI=1S/C16H14F3N3O4S/c1-3-6-26-14(25)13-9(2)20-15(27-13)21-11(23)8-22-7-10(16(17,18)19)4-5-12(22)24/h3-5,7H,1,6,8H2,2H3,(H,20,21,23). The fourth-order valence-corrected chi connectivity index (χ4v) is 2.85. The first kappa shape index (κ1) is 20.4. The molecule has 0 radical (unpaired) electrons. The van der Waals surface area contributed by atoms with Crippen molar-refractivity contribution in [2.24, 2.45) is 0 Å². The summed E-state index contributed by atoms with van der Waals surface area (Å²) >= 11 is 0.849. The van der Waals surface area contributed by atoms with Gasteiger partial charge in [-0.3, -0.25) is 9.59 Å². The molecule has 11 heteroatoms. The van der Waals surface area contributed by atoms with Crippen LogP contribution in [0.4, 0.5) is 18.3 Å². The van der Waals surface area contributed by atoms with E-state index in [-0.39, 0.29) is 16.6 Å². The predicted molar refractivity (Wildman–Crippen MR) is 91.7 cm³/mol. The maximum Gasteiger partial charge on any atom is 0.417 e. The number of nitrogens with zero attached hydrogens (tertiary/aromatic N) is 2. The molecule has 1 N–H and O–H groups in total. The largest absolute Gasteiger partial charge is 0.457 e. The third kappa shape index (κ3) is 5.26. The second-order valence-electron chi connectivity index (χ2n) is 5.25. The molecule has 0 unspecified atom stereocenters. The summed E-state index contributed by atoms with van der Waals surface area (Å²) in [4.78, 5) is 39.7. The summed E-state index contributed by atoms with van der Waals surface area (Å²) < 4.78 is 43.7. The summed E-state index contributed by atoms with van der Waals surface area (Å²) in [5.74, 6) is -1.41. The lowest BCUT2D eigenvalue weighted by Crippen LogP contribution is -2.28. The molecule has 0 aromatic carbocycles. The number of thiazole rings is 1. The van der Waals surface area contributed by atoms with Crippen LogP contribution in [0.3, 0.4) is 0 Å².